The van der Waals surface area contributed by atoms with Crippen molar-refractivity contribution in [3.63, 3.8) is 0 Å². The van der Waals surface area contributed by atoms with Crippen molar-refractivity contribution in [2.24, 2.45) is 5.73 Å². The Hall–Kier alpha value is -3.25. The van der Waals surface area contributed by atoms with Gasteiger partial charge in [0.25, 0.3) is 0 Å². The minimum atomic E-state index is -0.889. The fourth-order valence-electron chi connectivity index (χ4n) is 2.56. The first-order valence-electron chi connectivity index (χ1n) is 8.19. The molecular formula is C20H19N3O3. The Bertz CT molecular complexity index is 912. The average Bonchev–Trinajstić information content (AvgIpc) is 2.67. The molecular weight excluding hydrogens is 330 g/mol. The Morgan fingerprint density at radius 2 is 1.96 bits per heavy atom. The number of hydrogen-bond acceptors (Lipinski definition) is 5. The van der Waals surface area contributed by atoms with Crippen LogP contribution in [0.5, 0.6) is 5.75 Å². The second-order valence-corrected chi connectivity index (χ2v) is 5.74. The summed E-state index contributed by atoms with van der Waals surface area (Å²) in [5, 5.41) is 9.00. The van der Waals surface area contributed by atoms with Crippen molar-refractivity contribution in [2.45, 2.75) is 19.6 Å². The Morgan fingerprint density at radius 1 is 1.12 bits per heavy atom. The topological polar surface area (TPSA) is 98.3 Å². The molecule has 1 heterocycles. The fourth-order valence-corrected chi connectivity index (χ4v) is 2.56. The summed E-state index contributed by atoms with van der Waals surface area (Å²) in [6.45, 7) is 0.680. The number of aliphatic carboxylic acids is 1. The summed E-state index contributed by atoms with van der Waals surface area (Å²) >= 11 is 0. The molecule has 132 valence electrons. The van der Waals surface area contributed by atoms with Crippen LogP contribution in [-0.4, -0.2) is 21.0 Å². The molecule has 1 aromatic heterocycles. The van der Waals surface area contributed by atoms with E-state index in [1.54, 1.807) is 30.5 Å². The molecule has 6 nitrogen and oxygen atoms in total. The monoisotopic (exact) mass is 349 g/mol. The number of ether oxygens (including phenoxy) is 1. The molecule has 2 aromatic carbocycles. The number of carboxylic acids is 1. The van der Waals surface area contributed by atoms with Gasteiger partial charge in [-0.1, -0.05) is 36.4 Å². The number of nitrogens with zero attached hydrogens (tertiary/aromatic N) is 2. The maximum atomic E-state index is 11.0. The van der Waals surface area contributed by atoms with Crippen molar-refractivity contribution in [1.29, 1.82) is 0 Å². The maximum Gasteiger partial charge on any atom is 0.307 e. The molecule has 0 unspecified atom stereocenters. The van der Waals surface area contributed by atoms with Crippen LogP contribution < -0.4 is 10.5 Å². The standard InChI is InChI=1S/C20H19N3O3/c21-12-17-8-9-22-20(23-17)16-6-3-4-14(10-16)13-26-18-7-2-1-5-15(18)11-19(24)25/h1-10H,11-13,21H2,(H,24,25). The van der Waals surface area contributed by atoms with Gasteiger partial charge in [0, 0.05) is 23.9 Å². The van der Waals surface area contributed by atoms with Gasteiger partial charge in [0.05, 0.1) is 12.1 Å². The van der Waals surface area contributed by atoms with Crippen molar-refractivity contribution < 1.29 is 14.6 Å². The largest absolute Gasteiger partial charge is 0.489 e. The molecule has 3 N–H and O–H groups in total. The van der Waals surface area contributed by atoms with Crippen LogP contribution in [0.4, 0.5) is 0 Å². The van der Waals surface area contributed by atoms with Crippen LogP contribution in [0.3, 0.4) is 0 Å². The van der Waals surface area contributed by atoms with Gasteiger partial charge >= 0.3 is 5.97 Å². The summed E-state index contributed by atoms with van der Waals surface area (Å²) in [5.74, 6) is 0.294. The number of hydrogen-bond donors (Lipinski definition) is 2. The number of rotatable bonds is 7. The zero-order valence-corrected chi connectivity index (χ0v) is 14.1. The number of para-hydroxylation sites is 1. The number of aromatic nitrogens is 2. The molecule has 0 aliphatic rings. The molecule has 3 rings (SSSR count). The van der Waals surface area contributed by atoms with Crippen LogP contribution in [0.25, 0.3) is 11.4 Å². The predicted octanol–water partition coefficient (Wildman–Crippen LogP) is 2.81. The number of benzene rings is 2. The van der Waals surface area contributed by atoms with E-state index < -0.39 is 5.97 Å². The van der Waals surface area contributed by atoms with E-state index >= 15 is 0 Å². The molecule has 6 heteroatoms. The maximum absolute atomic E-state index is 11.0. The number of carbonyl (C=O) groups is 1. The van der Waals surface area contributed by atoms with Gasteiger partial charge in [-0.15, -0.1) is 0 Å². The Morgan fingerprint density at radius 3 is 2.77 bits per heavy atom. The Labute approximate surface area is 151 Å². The van der Waals surface area contributed by atoms with E-state index in [1.807, 2.05) is 30.3 Å². The van der Waals surface area contributed by atoms with Crippen LogP contribution in [0.15, 0.2) is 60.8 Å². The van der Waals surface area contributed by atoms with Gasteiger partial charge in [-0.25, -0.2) is 9.97 Å². The highest BCUT2D eigenvalue weighted by Gasteiger charge is 2.08. The first kappa shape index (κ1) is 17.6. The Balaban J connectivity index is 1.77. The van der Waals surface area contributed by atoms with Gasteiger partial charge < -0.3 is 15.6 Å². The third-order valence-electron chi connectivity index (χ3n) is 3.82. The normalized spacial score (nSPS) is 10.5. The van der Waals surface area contributed by atoms with Gasteiger partial charge in [0.1, 0.15) is 12.4 Å². The lowest BCUT2D eigenvalue weighted by molar-refractivity contribution is -0.136. The fraction of sp³-hybridized carbons (Fsp3) is 0.150. The third kappa shape index (κ3) is 4.43. The number of nitrogens with two attached hydrogens (primary N) is 1. The van der Waals surface area contributed by atoms with E-state index in [4.69, 9.17) is 15.6 Å². The average molecular weight is 349 g/mol. The van der Waals surface area contributed by atoms with E-state index in [0.29, 0.717) is 30.3 Å². The molecule has 3 aromatic rings. The molecule has 0 saturated carbocycles. The molecule has 0 aliphatic heterocycles. The number of carboxylic acid groups (broad SMARTS) is 1. The van der Waals surface area contributed by atoms with Gasteiger partial charge in [0.2, 0.25) is 0 Å². The molecule has 0 saturated heterocycles. The van der Waals surface area contributed by atoms with Crippen molar-refractivity contribution in [3.05, 3.63) is 77.6 Å². The summed E-state index contributed by atoms with van der Waals surface area (Å²) in [5.41, 5.74) is 8.88. The molecule has 0 spiro atoms. The van der Waals surface area contributed by atoms with Crippen LogP contribution in [-0.2, 0) is 24.4 Å². The summed E-state index contributed by atoms with van der Waals surface area (Å²) in [6, 6.07) is 16.7. The van der Waals surface area contributed by atoms with E-state index in [1.165, 1.54) is 0 Å². The second kappa shape index (κ2) is 8.22. The summed E-state index contributed by atoms with van der Waals surface area (Å²) < 4.78 is 5.84. The van der Waals surface area contributed by atoms with Crippen LogP contribution in [0.1, 0.15) is 16.8 Å². The summed E-state index contributed by atoms with van der Waals surface area (Å²) in [7, 11) is 0. The molecule has 0 fully saturated rings. The lowest BCUT2D eigenvalue weighted by Gasteiger charge is -2.11. The quantitative estimate of drug-likeness (QED) is 0.680. The Kier molecular flexibility index (Phi) is 5.56. The molecule has 0 aliphatic carbocycles. The molecule has 0 radical (unpaired) electrons. The highest BCUT2D eigenvalue weighted by atomic mass is 16.5. The van der Waals surface area contributed by atoms with Crippen LogP contribution in [0, 0.1) is 0 Å². The molecule has 26 heavy (non-hydrogen) atoms. The first-order valence-corrected chi connectivity index (χ1v) is 8.19. The molecule has 0 atom stereocenters. The summed E-state index contributed by atoms with van der Waals surface area (Å²) in [4.78, 5) is 19.7. The van der Waals surface area contributed by atoms with E-state index in [2.05, 4.69) is 9.97 Å². The van der Waals surface area contributed by atoms with Crippen molar-refractivity contribution >= 4 is 5.97 Å². The third-order valence-corrected chi connectivity index (χ3v) is 3.82. The minimum absolute atomic E-state index is 0.0735. The van der Waals surface area contributed by atoms with Crippen molar-refractivity contribution in [3.8, 4) is 17.1 Å². The first-order chi connectivity index (χ1) is 12.7. The van der Waals surface area contributed by atoms with Gasteiger partial charge in [-0.2, -0.15) is 0 Å². The summed E-state index contributed by atoms with van der Waals surface area (Å²) in [6.07, 6.45) is 1.62. The SMILES string of the molecule is NCc1ccnc(-c2cccc(COc3ccccc3CC(=O)O)c2)n1. The molecule has 0 amide bonds. The lowest BCUT2D eigenvalue weighted by Crippen LogP contribution is -2.04. The highest BCUT2D eigenvalue weighted by molar-refractivity contribution is 5.71. The smallest absolute Gasteiger partial charge is 0.307 e. The van der Waals surface area contributed by atoms with Crippen molar-refractivity contribution in [2.75, 3.05) is 0 Å². The van der Waals surface area contributed by atoms with E-state index in [-0.39, 0.29) is 6.42 Å². The van der Waals surface area contributed by atoms with E-state index in [0.717, 1.165) is 16.8 Å². The molecule has 0 bridgehead atoms. The van der Waals surface area contributed by atoms with Crippen molar-refractivity contribution in [1.82, 2.24) is 9.97 Å². The van der Waals surface area contributed by atoms with Crippen LogP contribution in [0.2, 0.25) is 0 Å². The van der Waals surface area contributed by atoms with Gasteiger partial charge in [0.15, 0.2) is 5.82 Å². The zero-order chi connectivity index (χ0) is 18.4. The van der Waals surface area contributed by atoms with Gasteiger partial charge in [-0.05, 0) is 23.8 Å². The minimum Gasteiger partial charge on any atom is -0.489 e. The highest BCUT2D eigenvalue weighted by Crippen LogP contribution is 2.22. The lowest BCUT2D eigenvalue weighted by atomic mass is 10.1. The predicted molar refractivity (Wildman–Crippen MR) is 97.5 cm³/mol. The zero-order valence-electron chi connectivity index (χ0n) is 14.1. The van der Waals surface area contributed by atoms with E-state index in [9.17, 15) is 4.79 Å². The van der Waals surface area contributed by atoms with Crippen LogP contribution >= 0.6 is 0 Å². The second-order valence-electron chi connectivity index (χ2n) is 5.74. The van der Waals surface area contributed by atoms with Gasteiger partial charge in [-0.3, -0.25) is 4.79 Å².